The number of hydrogen-bond donors (Lipinski definition) is 1. The molecule has 118 valence electrons. The Hall–Kier alpha value is -2.14. The maximum Gasteiger partial charge on any atom is 0.253 e. The lowest BCUT2D eigenvalue weighted by atomic mass is 10.1. The Morgan fingerprint density at radius 3 is 2.41 bits per heavy atom. The zero-order valence-corrected chi connectivity index (χ0v) is 13.7. The van der Waals surface area contributed by atoms with Gasteiger partial charge in [-0.25, -0.2) is 0 Å². The summed E-state index contributed by atoms with van der Waals surface area (Å²) in [6.45, 7) is 5.57. The maximum absolute atomic E-state index is 12.2. The molecule has 0 atom stereocenters. The van der Waals surface area contributed by atoms with E-state index in [-0.39, 0.29) is 11.9 Å². The maximum atomic E-state index is 12.2. The molecule has 0 unspecified atom stereocenters. The van der Waals surface area contributed by atoms with Gasteiger partial charge in [0, 0.05) is 50.6 Å². The normalized spacial score (nSPS) is 11.0. The molecule has 0 bridgehead atoms. The minimum absolute atomic E-state index is 0.0601. The molecule has 0 saturated heterocycles. The van der Waals surface area contributed by atoms with Crippen LogP contribution in [-0.2, 0) is 20.1 Å². The lowest BCUT2D eigenvalue weighted by Crippen LogP contribution is -2.32. The van der Waals surface area contributed by atoms with Crippen molar-refractivity contribution in [2.75, 3.05) is 7.05 Å². The highest BCUT2D eigenvalue weighted by molar-refractivity contribution is 5.94. The first kappa shape index (κ1) is 16.2. The number of aromatic nitrogens is 2. The first-order valence-corrected chi connectivity index (χ1v) is 7.51. The second-order valence-corrected chi connectivity index (χ2v) is 5.83. The minimum atomic E-state index is 0.0601. The molecular formula is C17H24N4O. The van der Waals surface area contributed by atoms with E-state index in [2.05, 4.69) is 10.4 Å². The Balaban J connectivity index is 1.87. The van der Waals surface area contributed by atoms with Gasteiger partial charge in [0.1, 0.15) is 0 Å². The van der Waals surface area contributed by atoms with Crippen molar-refractivity contribution in [2.24, 2.45) is 7.05 Å². The van der Waals surface area contributed by atoms with Crippen LogP contribution in [0.25, 0.3) is 0 Å². The summed E-state index contributed by atoms with van der Waals surface area (Å²) in [6, 6.07) is 7.98. The number of hydrogen-bond acceptors (Lipinski definition) is 3. The van der Waals surface area contributed by atoms with Crippen LogP contribution in [0, 0.1) is 0 Å². The molecule has 1 N–H and O–H groups in total. The lowest BCUT2D eigenvalue weighted by Gasteiger charge is -2.21. The molecule has 0 aliphatic rings. The summed E-state index contributed by atoms with van der Waals surface area (Å²) < 4.78 is 1.79. The highest BCUT2D eigenvalue weighted by atomic mass is 16.2. The van der Waals surface area contributed by atoms with E-state index >= 15 is 0 Å². The van der Waals surface area contributed by atoms with Gasteiger partial charge < -0.3 is 10.2 Å². The van der Waals surface area contributed by atoms with Gasteiger partial charge in [-0.1, -0.05) is 12.1 Å². The summed E-state index contributed by atoms with van der Waals surface area (Å²) in [7, 11) is 3.74. The van der Waals surface area contributed by atoms with E-state index < -0.39 is 0 Å². The fraction of sp³-hybridized carbons (Fsp3) is 0.412. The largest absolute Gasteiger partial charge is 0.339 e. The quantitative estimate of drug-likeness (QED) is 0.889. The van der Waals surface area contributed by atoms with Crippen LogP contribution >= 0.6 is 0 Å². The van der Waals surface area contributed by atoms with Gasteiger partial charge in [-0.2, -0.15) is 5.10 Å². The van der Waals surface area contributed by atoms with Gasteiger partial charge >= 0.3 is 0 Å². The van der Waals surface area contributed by atoms with Crippen LogP contribution in [0.3, 0.4) is 0 Å². The SMILES string of the molecule is CC(C)N(C)C(=O)c1ccc(CNCc2cnn(C)c2)cc1. The molecule has 2 rings (SSSR count). The topological polar surface area (TPSA) is 50.2 Å². The Labute approximate surface area is 131 Å². The number of carbonyl (C=O) groups excluding carboxylic acids is 1. The van der Waals surface area contributed by atoms with Gasteiger partial charge in [0.15, 0.2) is 0 Å². The van der Waals surface area contributed by atoms with Crippen molar-refractivity contribution in [3.63, 3.8) is 0 Å². The number of aryl methyl sites for hydroxylation is 1. The number of carbonyl (C=O) groups is 1. The smallest absolute Gasteiger partial charge is 0.253 e. The molecular weight excluding hydrogens is 276 g/mol. The predicted molar refractivity (Wildman–Crippen MR) is 87.4 cm³/mol. The zero-order valence-electron chi connectivity index (χ0n) is 13.7. The van der Waals surface area contributed by atoms with E-state index in [0.29, 0.717) is 0 Å². The molecule has 5 heteroatoms. The Bertz CT molecular complexity index is 616. The molecule has 0 fully saturated rings. The summed E-state index contributed by atoms with van der Waals surface area (Å²) >= 11 is 0. The molecule has 0 spiro atoms. The molecule has 0 radical (unpaired) electrons. The van der Waals surface area contributed by atoms with Crippen LogP contribution < -0.4 is 5.32 Å². The third kappa shape index (κ3) is 4.18. The number of amides is 1. The fourth-order valence-corrected chi connectivity index (χ4v) is 2.12. The number of rotatable bonds is 6. The van der Waals surface area contributed by atoms with E-state index in [9.17, 15) is 4.79 Å². The van der Waals surface area contributed by atoms with Gasteiger partial charge in [-0.15, -0.1) is 0 Å². The van der Waals surface area contributed by atoms with Gasteiger partial charge in [0.2, 0.25) is 0 Å². The third-order valence-corrected chi connectivity index (χ3v) is 3.71. The van der Waals surface area contributed by atoms with E-state index in [4.69, 9.17) is 0 Å². The van der Waals surface area contributed by atoms with Crippen molar-refractivity contribution in [3.05, 3.63) is 53.3 Å². The Kier molecular flexibility index (Phi) is 5.33. The van der Waals surface area contributed by atoms with E-state index in [0.717, 1.165) is 29.8 Å². The van der Waals surface area contributed by atoms with Crippen LogP contribution in [0.15, 0.2) is 36.7 Å². The molecule has 22 heavy (non-hydrogen) atoms. The minimum Gasteiger partial charge on any atom is -0.339 e. The molecule has 1 aromatic carbocycles. The molecule has 0 aliphatic heterocycles. The summed E-state index contributed by atoms with van der Waals surface area (Å²) in [4.78, 5) is 13.9. The van der Waals surface area contributed by atoms with Crippen molar-refractivity contribution in [3.8, 4) is 0 Å². The van der Waals surface area contributed by atoms with Gasteiger partial charge in [-0.3, -0.25) is 9.48 Å². The second kappa shape index (κ2) is 7.22. The molecule has 1 heterocycles. The predicted octanol–water partition coefficient (Wildman–Crippen LogP) is 2.19. The van der Waals surface area contributed by atoms with Gasteiger partial charge in [0.25, 0.3) is 5.91 Å². The number of nitrogens with zero attached hydrogens (tertiary/aromatic N) is 3. The third-order valence-electron chi connectivity index (χ3n) is 3.71. The van der Waals surface area contributed by atoms with Crippen molar-refractivity contribution < 1.29 is 4.79 Å². The number of nitrogens with one attached hydrogen (secondary N) is 1. The molecule has 2 aromatic rings. The van der Waals surface area contributed by atoms with Crippen molar-refractivity contribution in [1.82, 2.24) is 20.0 Å². The summed E-state index contributed by atoms with van der Waals surface area (Å²) in [5.74, 6) is 0.0601. The summed E-state index contributed by atoms with van der Waals surface area (Å²) in [5.41, 5.74) is 3.05. The Morgan fingerprint density at radius 2 is 1.86 bits per heavy atom. The van der Waals surface area contributed by atoms with Crippen molar-refractivity contribution in [2.45, 2.75) is 33.0 Å². The van der Waals surface area contributed by atoms with Crippen LogP contribution in [0.1, 0.15) is 35.3 Å². The van der Waals surface area contributed by atoms with Gasteiger partial charge in [0.05, 0.1) is 6.20 Å². The van der Waals surface area contributed by atoms with Crippen LogP contribution in [-0.4, -0.2) is 33.7 Å². The van der Waals surface area contributed by atoms with Gasteiger partial charge in [-0.05, 0) is 31.5 Å². The monoisotopic (exact) mass is 300 g/mol. The van der Waals surface area contributed by atoms with E-state index in [1.807, 2.05) is 64.6 Å². The molecule has 1 aromatic heterocycles. The lowest BCUT2D eigenvalue weighted by molar-refractivity contribution is 0.0755. The number of benzene rings is 1. The second-order valence-electron chi connectivity index (χ2n) is 5.83. The standard InChI is InChI=1S/C17H24N4O/c1-13(2)21(4)17(22)16-7-5-14(6-8-16)9-18-10-15-11-19-20(3)12-15/h5-8,11-13,18H,9-10H2,1-4H3. The first-order valence-electron chi connectivity index (χ1n) is 7.51. The molecule has 5 nitrogen and oxygen atoms in total. The van der Waals surface area contributed by atoms with Crippen molar-refractivity contribution in [1.29, 1.82) is 0 Å². The fourth-order valence-electron chi connectivity index (χ4n) is 2.12. The highest BCUT2D eigenvalue weighted by Gasteiger charge is 2.13. The average Bonchev–Trinajstić information content (AvgIpc) is 2.92. The Morgan fingerprint density at radius 1 is 1.23 bits per heavy atom. The highest BCUT2D eigenvalue weighted by Crippen LogP contribution is 2.09. The molecule has 0 aliphatic carbocycles. The summed E-state index contributed by atoms with van der Waals surface area (Å²) in [5, 5.41) is 7.51. The van der Waals surface area contributed by atoms with Crippen LogP contribution in [0.5, 0.6) is 0 Å². The van der Waals surface area contributed by atoms with Crippen LogP contribution in [0.4, 0.5) is 0 Å². The van der Waals surface area contributed by atoms with E-state index in [1.54, 1.807) is 9.58 Å². The molecule has 0 saturated carbocycles. The zero-order chi connectivity index (χ0) is 16.1. The average molecular weight is 300 g/mol. The van der Waals surface area contributed by atoms with Crippen molar-refractivity contribution >= 4 is 5.91 Å². The first-order chi connectivity index (χ1) is 10.5. The molecule has 1 amide bonds. The van der Waals surface area contributed by atoms with Crippen LogP contribution in [0.2, 0.25) is 0 Å². The summed E-state index contributed by atoms with van der Waals surface area (Å²) in [6.07, 6.45) is 3.85. The van der Waals surface area contributed by atoms with E-state index in [1.165, 1.54) is 0 Å².